The lowest BCUT2D eigenvalue weighted by atomic mass is 9.89. The molecule has 11 heteroatoms. The largest absolute Gasteiger partial charge is 0.384 e. The summed E-state index contributed by atoms with van der Waals surface area (Å²) in [6.45, 7) is 5.68. The Kier molecular flexibility index (Phi) is 8.03. The molecule has 1 aliphatic heterocycles. The molecule has 1 atom stereocenters. The number of allylic oxidation sites excluding steroid dienone is 4. The summed E-state index contributed by atoms with van der Waals surface area (Å²) in [6.07, 6.45) is 3.77. The number of carbonyl (C=O) groups is 3. The van der Waals surface area contributed by atoms with Crippen molar-refractivity contribution in [2.24, 2.45) is 5.73 Å². The number of carbonyl (C=O) groups excluding carboxylic acids is 3. The molecule has 1 aromatic heterocycles. The van der Waals surface area contributed by atoms with Gasteiger partial charge in [-0.25, -0.2) is 4.68 Å². The van der Waals surface area contributed by atoms with Gasteiger partial charge in [0.05, 0.1) is 25.3 Å². The molecule has 4 N–H and O–H groups in total. The first kappa shape index (κ1) is 25.6. The Bertz CT molecular complexity index is 1230. The second-order valence-corrected chi connectivity index (χ2v) is 8.03. The van der Waals surface area contributed by atoms with E-state index in [-0.39, 0.29) is 36.0 Å². The number of ketones is 1. The highest BCUT2D eigenvalue weighted by molar-refractivity contribution is 6.37. The highest BCUT2D eigenvalue weighted by Gasteiger charge is 2.33. The van der Waals surface area contributed by atoms with Crippen LogP contribution in [0.2, 0.25) is 0 Å². The average Bonchev–Trinajstić information content (AvgIpc) is 3.16. The van der Waals surface area contributed by atoms with Gasteiger partial charge in [-0.1, -0.05) is 11.5 Å². The number of benzene rings is 1. The summed E-state index contributed by atoms with van der Waals surface area (Å²) in [5.74, 6) is -0.618. The molecule has 2 radical (unpaired) electrons. The van der Waals surface area contributed by atoms with Gasteiger partial charge in [0.2, 0.25) is 5.91 Å². The number of hydrogen-bond donors (Lipinski definition) is 3. The molecule has 0 saturated carbocycles. The molecule has 2 aromatic rings. The number of morpholine rings is 1. The third-order valence-electron chi connectivity index (χ3n) is 5.35. The Balaban J connectivity index is 1.71. The number of nitrogens with one attached hydrogen (secondary N) is 2. The van der Waals surface area contributed by atoms with Crippen LogP contribution < -0.4 is 21.4 Å². The number of amidine groups is 1. The molecule has 2 heterocycles. The van der Waals surface area contributed by atoms with Crippen molar-refractivity contribution in [1.82, 2.24) is 9.78 Å². The number of hydrogen-bond acceptors (Lipinski definition) is 6. The van der Waals surface area contributed by atoms with E-state index >= 15 is 0 Å². The van der Waals surface area contributed by atoms with Crippen molar-refractivity contribution in [1.29, 1.82) is 5.41 Å². The fourth-order valence-corrected chi connectivity index (χ4v) is 3.62. The molecule has 10 nitrogen and oxygen atoms in total. The molecule has 180 valence electrons. The third kappa shape index (κ3) is 6.13. The lowest BCUT2D eigenvalue weighted by Gasteiger charge is -2.30. The molecule has 2 amide bonds. The van der Waals surface area contributed by atoms with Crippen LogP contribution in [0.4, 0.5) is 11.5 Å². The van der Waals surface area contributed by atoms with Crippen molar-refractivity contribution >= 4 is 53.9 Å². The summed E-state index contributed by atoms with van der Waals surface area (Å²) in [5, 5.41) is 14.7. The zero-order valence-electron chi connectivity index (χ0n) is 19.9. The number of rotatable bonds is 8. The quantitative estimate of drug-likeness (QED) is 0.172. The molecule has 35 heavy (non-hydrogen) atoms. The van der Waals surface area contributed by atoms with Gasteiger partial charge in [0.15, 0.2) is 11.6 Å². The number of amides is 2. The topological polar surface area (TPSA) is 143 Å². The number of nitrogen functional groups attached to an aromatic ring is 1. The van der Waals surface area contributed by atoms with Crippen molar-refractivity contribution in [3.63, 3.8) is 0 Å². The van der Waals surface area contributed by atoms with Crippen LogP contribution in [0, 0.1) is 12.3 Å². The van der Waals surface area contributed by atoms with Crippen LogP contribution in [0.3, 0.4) is 0 Å². The number of nitrogens with two attached hydrogens (primary N) is 1. The summed E-state index contributed by atoms with van der Waals surface area (Å²) < 4.78 is 7.23. The molecule has 1 fully saturated rings. The number of ether oxygens (including phenoxy) is 1. The van der Waals surface area contributed by atoms with Crippen LogP contribution in [0.15, 0.2) is 42.5 Å². The molecule has 0 spiro atoms. The normalized spacial score (nSPS) is 16.5. The van der Waals surface area contributed by atoms with Gasteiger partial charge in [0.1, 0.15) is 19.8 Å². The summed E-state index contributed by atoms with van der Waals surface area (Å²) in [5.41, 5.74) is 7.98. The third-order valence-corrected chi connectivity index (χ3v) is 5.35. The lowest BCUT2D eigenvalue weighted by Crippen LogP contribution is -2.49. The SMILES string of the molecule is [B]c1cc(NC(=O)CC2OCCN(c3cc(C)n(C(/C=C\C(C)=O)=C/C)n3)C2=O)ccc1C(=N)N. The smallest absolute Gasteiger partial charge is 0.257 e. The zero-order valence-corrected chi connectivity index (χ0v) is 19.9. The predicted molar refractivity (Wildman–Crippen MR) is 135 cm³/mol. The first-order chi connectivity index (χ1) is 16.6. The number of nitrogens with zero attached hydrogens (tertiary/aromatic N) is 3. The standard InChI is InChI=1S/C24H27BN6O4/c1-4-17(7-5-15(3)32)31-14(2)11-21(29-31)30-9-10-35-20(24(30)34)13-22(33)28-16-6-8-18(23(26)27)19(25)12-16/h4-8,11-12,20H,9-10,13H2,1-3H3,(H3,26,27)(H,28,33)/b7-5-,17-4+. The molecule has 0 aliphatic carbocycles. The van der Waals surface area contributed by atoms with Crippen molar-refractivity contribution in [2.45, 2.75) is 33.3 Å². The summed E-state index contributed by atoms with van der Waals surface area (Å²) >= 11 is 0. The monoisotopic (exact) mass is 474 g/mol. The van der Waals surface area contributed by atoms with E-state index < -0.39 is 12.0 Å². The van der Waals surface area contributed by atoms with Crippen molar-refractivity contribution < 1.29 is 19.1 Å². The second kappa shape index (κ2) is 11.0. The molecule has 1 unspecified atom stereocenters. The van der Waals surface area contributed by atoms with E-state index in [2.05, 4.69) is 10.4 Å². The number of aryl methyl sites for hydroxylation is 1. The van der Waals surface area contributed by atoms with E-state index in [1.54, 1.807) is 29.0 Å². The van der Waals surface area contributed by atoms with Gasteiger partial charge in [0, 0.05) is 23.0 Å². The van der Waals surface area contributed by atoms with Crippen LogP contribution in [0.5, 0.6) is 0 Å². The van der Waals surface area contributed by atoms with Gasteiger partial charge in [-0.2, -0.15) is 0 Å². The van der Waals surface area contributed by atoms with Crippen LogP contribution in [-0.2, 0) is 19.1 Å². The highest BCUT2D eigenvalue weighted by Crippen LogP contribution is 2.23. The summed E-state index contributed by atoms with van der Waals surface area (Å²) in [7, 11) is 5.87. The van der Waals surface area contributed by atoms with Gasteiger partial charge < -0.3 is 15.8 Å². The molecule has 1 saturated heterocycles. The minimum Gasteiger partial charge on any atom is -0.384 e. The molecule has 1 aliphatic rings. The van der Waals surface area contributed by atoms with E-state index in [4.69, 9.17) is 23.7 Å². The van der Waals surface area contributed by atoms with Gasteiger partial charge >= 0.3 is 0 Å². The van der Waals surface area contributed by atoms with Crippen molar-refractivity contribution in [2.75, 3.05) is 23.4 Å². The van der Waals surface area contributed by atoms with E-state index in [0.29, 0.717) is 29.3 Å². The highest BCUT2D eigenvalue weighted by atomic mass is 16.5. The minimum absolute atomic E-state index is 0.0867. The molecular weight excluding hydrogens is 447 g/mol. The molecular formula is C24H27BN6O4. The predicted octanol–water partition coefficient (Wildman–Crippen LogP) is 1.04. The van der Waals surface area contributed by atoms with E-state index in [9.17, 15) is 14.4 Å². The molecule has 3 rings (SSSR count). The van der Waals surface area contributed by atoms with Crippen LogP contribution >= 0.6 is 0 Å². The Morgan fingerprint density at radius 3 is 2.71 bits per heavy atom. The molecule has 1 aromatic carbocycles. The van der Waals surface area contributed by atoms with Gasteiger partial charge in [-0.05, 0) is 51.1 Å². The summed E-state index contributed by atoms with van der Waals surface area (Å²) in [4.78, 5) is 38.5. The van der Waals surface area contributed by atoms with Crippen LogP contribution in [-0.4, -0.2) is 60.3 Å². The van der Waals surface area contributed by atoms with Gasteiger partial charge in [-0.15, -0.1) is 5.10 Å². The Hall–Kier alpha value is -3.99. The Labute approximate surface area is 204 Å². The average molecular weight is 474 g/mol. The Morgan fingerprint density at radius 1 is 1.34 bits per heavy atom. The molecule has 0 bridgehead atoms. The first-order valence-corrected chi connectivity index (χ1v) is 11.0. The fourth-order valence-electron chi connectivity index (χ4n) is 3.62. The minimum atomic E-state index is -0.971. The first-order valence-electron chi connectivity index (χ1n) is 11.0. The Morgan fingerprint density at radius 2 is 2.09 bits per heavy atom. The fraction of sp³-hybridized carbons (Fsp3) is 0.292. The van der Waals surface area contributed by atoms with E-state index in [0.717, 1.165) is 5.69 Å². The van der Waals surface area contributed by atoms with Gasteiger partial charge in [-0.3, -0.25) is 24.7 Å². The van der Waals surface area contributed by atoms with E-state index in [1.165, 1.54) is 24.0 Å². The van der Waals surface area contributed by atoms with E-state index in [1.807, 2.05) is 19.9 Å². The van der Waals surface area contributed by atoms with Crippen molar-refractivity contribution in [3.8, 4) is 0 Å². The second-order valence-electron chi connectivity index (χ2n) is 8.03. The zero-order chi connectivity index (χ0) is 25.7. The lowest BCUT2D eigenvalue weighted by molar-refractivity contribution is -0.138. The number of aromatic nitrogens is 2. The van der Waals surface area contributed by atoms with Crippen LogP contribution in [0.1, 0.15) is 31.5 Å². The maximum absolute atomic E-state index is 13.1. The van der Waals surface area contributed by atoms with Gasteiger partial charge in [0.25, 0.3) is 5.91 Å². The maximum atomic E-state index is 13.1. The summed E-state index contributed by atoms with van der Waals surface area (Å²) in [6, 6.07) is 6.39. The van der Waals surface area contributed by atoms with Crippen molar-refractivity contribution in [3.05, 3.63) is 53.8 Å². The maximum Gasteiger partial charge on any atom is 0.257 e. The number of anilines is 2. The van der Waals surface area contributed by atoms with Crippen LogP contribution in [0.25, 0.3) is 5.70 Å².